The Hall–Kier alpha value is -1.57. The molecule has 0 aliphatic heterocycles. The second-order valence-corrected chi connectivity index (χ2v) is 6.95. The van der Waals surface area contributed by atoms with E-state index in [2.05, 4.69) is 27.4 Å². The zero-order chi connectivity index (χ0) is 15.9. The summed E-state index contributed by atoms with van der Waals surface area (Å²) in [7, 11) is 0. The molecule has 0 saturated carbocycles. The molecular formula is C14H15ClN4OS2. The topological polar surface area (TPSA) is 66.9 Å². The van der Waals surface area contributed by atoms with Gasteiger partial charge in [-0.1, -0.05) is 46.8 Å². The molecule has 0 aliphatic carbocycles. The molecule has 1 heterocycles. The Kier molecular flexibility index (Phi) is 6.23. The normalized spacial score (nSPS) is 10.3. The molecule has 2 aromatic rings. The maximum absolute atomic E-state index is 11.5. The Balaban J connectivity index is 1.89. The predicted molar refractivity (Wildman–Crippen MR) is 93.3 cm³/mol. The molecule has 0 atom stereocenters. The van der Waals surface area contributed by atoms with Gasteiger partial charge in [-0.2, -0.15) is 0 Å². The monoisotopic (exact) mass is 354 g/mol. The third-order valence-corrected chi connectivity index (χ3v) is 4.98. The Morgan fingerprint density at radius 1 is 1.50 bits per heavy atom. The van der Waals surface area contributed by atoms with Gasteiger partial charge in [-0.15, -0.1) is 16.8 Å². The van der Waals surface area contributed by atoms with E-state index in [1.54, 1.807) is 6.08 Å². The average Bonchev–Trinajstić information content (AvgIpc) is 2.94. The fourth-order valence-electron chi connectivity index (χ4n) is 1.48. The lowest BCUT2D eigenvalue weighted by Gasteiger charge is -2.03. The van der Waals surface area contributed by atoms with Crippen molar-refractivity contribution >= 4 is 51.4 Å². The number of benzene rings is 1. The summed E-state index contributed by atoms with van der Waals surface area (Å²) in [4.78, 5) is 11.5. The lowest BCUT2D eigenvalue weighted by Crippen LogP contribution is -2.24. The highest BCUT2D eigenvalue weighted by atomic mass is 35.5. The van der Waals surface area contributed by atoms with Crippen LogP contribution in [0.5, 0.6) is 0 Å². The first-order valence-electron chi connectivity index (χ1n) is 6.45. The molecule has 1 amide bonds. The highest BCUT2D eigenvalue weighted by Crippen LogP contribution is 2.28. The summed E-state index contributed by atoms with van der Waals surface area (Å²) in [5.41, 5.74) is 1.87. The van der Waals surface area contributed by atoms with Crippen molar-refractivity contribution in [3.8, 4) is 0 Å². The maximum Gasteiger partial charge on any atom is 0.230 e. The third-order valence-electron chi connectivity index (χ3n) is 2.60. The molecule has 0 bridgehead atoms. The molecule has 1 aromatic heterocycles. The van der Waals surface area contributed by atoms with E-state index in [1.807, 2.05) is 25.1 Å². The minimum atomic E-state index is -0.0556. The fraction of sp³-hybridized carbons (Fsp3) is 0.214. The molecule has 1 aromatic carbocycles. The molecule has 0 aliphatic rings. The Bertz CT molecular complexity index is 675. The molecule has 2 rings (SSSR count). The van der Waals surface area contributed by atoms with Crippen molar-refractivity contribution in [1.82, 2.24) is 15.5 Å². The summed E-state index contributed by atoms with van der Waals surface area (Å²) in [6.45, 7) is 5.96. The average molecular weight is 355 g/mol. The Labute approximate surface area is 142 Å². The quantitative estimate of drug-likeness (QED) is 0.587. The molecule has 116 valence electrons. The number of nitrogens with zero attached hydrogens (tertiary/aromatic N) is 2. The van der Waals surface area contributed by atoms with Gasteiger partial charge in [0.25, 0.3) is 0 Å². The van der Waals surface area contributed by atoms with Crippen molar-refractivity contribution in [2.45, 2.75) is 11.3 Å². The van der Waals surface area contributed by atoms with Crippen molar-refractivity contribution in [3.63, 3.8) is 0 Å². The zero-order valence-electron chi connectivity index (χ0n) is 11.9. The maximum atomic E-state index is 11.5. The highest BCUT2D eigenvalue weighted by Gasteiger charge is 2.08. The smallest absolute Gasteiger partial charge is 0.230 e. The molecular weight excluding hydrogens is 340 g/mol. The number of nitrogens with one attached hydrogen (secondary N) is 2. The molecule has 0 saturated heterocycles. The number of anilines is 2. The molecule has 5 nitrogen and oxygen atoms in total. The van der Waals surface area contributed by atoms with Crippen molar-refractivity contribution in [2.24, 2.45) is 0 Å². The van der Waals surface area contributed by atoms with Crippen molar-refractivity contribution in [2.75, 3.05) is 17.6 Å². The number of aryl methyl sites for hydroxylation is 1. The summed E-state index contributed by atoms with van der Waals surface area (Å²) < 4.78 is 0.731. The molecule has 0 radical (unpaired) electrons. The van der Waals surface area contributed by atoms with E-state index in [9.17, 15) is 4.79 Å². The summed E-state index contributed by atoms with van der Waals surface area (Å²) >= 11 is 8.82. The van der Waals surface area contributed by atoms with Gasteiger partial charge in [0.2, 0.25) is 11.0 Å². The number of hydrogen-bond acceptors (Lipinski definition) is 6. The number of aromatic nitrogens is 2. The summed E-state index contributed by atoms with van der Waals surface area (Å²) in [6.07, 6.45) is 1.64. The molecule has 0 fully saturated rings. The molecule has 8 heteroatoms. The van der Waals surface area contributed by atoms with Crippen LogP contribution in [0.1, 0.15) is 5.56 Å². The van der Waals surface area contributed by atoms with E-state index in [0.717, 1.165) is 15.6 Å². The lowest BCUT2D eigenvalue weighted by atomic mass is 10.2. The molecule has 2 N–H and O–H groups in total. The van der Waals surface area contributed by atoms with Gasteiger partial charge in [-0.3, -0.25) is 4.79 Å². The standard InChI is InChI=1S/C14H15ClN4OS2/c1-3-6-16-12(20)8-21-14-19-18-13(22-14)17-10-5-4-9(2)11(15)7-10/h3-5,7H,1,6,8H2,2H3,(H,16,20)(H,17,18). The summed E-state index contributed by atoms with van der Waals surface area (Å²) in [5.74, 6) is 0.249. The van der Waals surface area contributed by atoms with E-state index < -0.39 is 0 Å². The number of amides is 1. The SMILES string of the molecule is C=CCNC(=O)CSc1nnc(Nc2ccc(C)c(Cl)c2)s1. The number of carbonyl (C=O) groups excluding carboxylic acids is 1. The minimum Gasteiger partial charge on any atom is -0.352 e. The van der Waals surface area contributed by atoms with Crippen LogP contribution < -0.4 is 10.6 Å². The van der Waals surface area contributed by atoms with Crippen molar-refractivity contribution < 1.29 is 4.79 Å². The van der Waals surface area contributed by atoms with Crippen molar-refractivity contribution in [3.05, 3.63) is 41.4 Å². The van der Waals surface area contributed by atoms with E-state index in [-0.39, 0.29) is 5.91 Å². The van der Waals surface area contributed by atoms with Gasteiger partial charge < -0.3 is 10.6 Å². The molecule has 0 spiro atoms. The van der Waals surface area contributed by atoms with Crippen LogP contribution in [0.25, 0.3) is 0 Å². The van der Waals surface area contributed by atoms with Crippen molar-refractivity contribution in [1.29, 1.82) is 0 Å². The van der Waals surface area contributed by atoms with Gasteiger partial charge in [0, 0.05) is 17.3 Å². The first kappa shape index (κ1) is 16.8. The molecule has 0 unspecified atom stereocenters. The minimum absolute atomic E-state index is 0.0556. The van der Waals surface area contributed by atoms with Gasteiger partial charge >= 0.3 is 0 Å². The van der Waals surface area contributed by atoms with Crippen LogP contribution >= 0.6 is 34.7 Å². The first-order valence-corrected chi connectivity index (χ1v) is 8.63. The Morgan fingerprint density at radius 2 is 2.32 bits per heavy atom. The van der Waals surface area contributed by atoms with Gasteiger partial charge in [0.05, 0.1) is 5.75 Å². The second kappa shape index (κ2) is 8.17. The number of halogens is 1. The van der Waals surface area contributed by atoms with Crippen LogP contribution in [-0.4, -0.2) is 28.4 Å². The lowest BCUT2D eigenvalue weighted by molar-refractivity contribution is -0.118. The second-order valence-electron chi connectivity index (χ2n) is 4.34. The predicted octanol–water partition coefficient (Wildman–Crippen LogP) is 3.64. The highest BCUT2D eigenvalue weighted by molar-refractivity contribution is 8.01. The third kappa shape index (κ3) is 5.01. The number of thioether (sulfide) groups is 1. The van der Waals surface area contributed by atoms with E-state index in [0.29, 0.717) is 22.5 Å². The fourth-order valence-corrected chi connectivity index (χ4v) is 3.26. The van der Waals surface area contributed by atoms with Gasteiger partial charge in [-0.05, 0) is 24.6 Å². The van der Waals surface area contributed by atoms with Crippen LogP contribution in [0.15, 0.2) is 35.2 Å². The van der Waals surface area contributed by atoms with Gasteiger partial charge in [0.15, 0.2) is 4.34 Å². The Morgan fingerprint density at radius 3 is 3.05 bits per heavy atom. The van der Waals surface area contributed by atoms with Gasteiger partial charge in [0.1, 0.15) is 0 Å². The molecule has 22 heavy (non-hydrogen) atoms. The van der Waals surface area contributed by atoms with Gasteiger partial charge in [-0.25, -0.2) is 0 Å². The number of carbonyl (C=O) groups is 1. The van der Waals surface area contributed by atoms with Crippen LogP contribution in [-0.2, 0) is 4.79 Å². The van der Waals surface area contributed by atoms with Crippen LogP contribution in [0.2, 0.25) is 5.02 Å². The zero-order valence-corrected chi connectivity index (χ0v) is 14.3. The first-order chi connectivity index (χ1) is 10.6. The summed E-state index contributed by atoms with van der Waals surface area (Å²) in [6, 6.07) is 5.71. The van der Waals surface area contributed by atoms with Crippen LogP contribution in [0.3, 0.4) is 0 Å². The van der Waals surface area contributed by atoms with Crippen LogP contribution in [0, 0.1) is 6.92 Å². The van der Waals surface area contributed by atoms with Crippen LogP contribution in [0.4, 0.5) is 10.8 Å². The largest absolute Gasteiger partial charge is 0.352 e. The summed E-state index contributed by atoms with van der Waals surface area (Å²) in [5, 5.41) is 15.3. The number of hydrogen-bond donors (Lipinski definition) is 2. The van der Waals surface area contributed by atoms with E-state index in [1.165, 1.54) is 23.1 Å². The van der Waals surface area contributed by atoms with E-state index in [4.69, 9.17) is 11.6 Å². The number of rotatable bonds is 7. The van der Waals surface area contributed by atoms with E-state index >= 15 is 0 Å².